The lowest BCUT2D eigenvalue weighted by atomic mass is 9.80. The molecule has 27 heavy (non-hydrogen) atoms. The third-order valence-corrected chi connectivity index (χ3v) is 4.94. The molecule has 2 heterocycles. The van der Waals surface area contributed by atoms with E-state index in [1.165, 1.54) is 12.1 Å². The zero-order valence-electron chi connectivity index (χ0n) is 15.3. The molecule has 138 valence electrons. The van der Waals surface area contributed by atoms with Crippen molar-refractivity contribution < 1.29 is 14.2 Å². The van der Waals surface area contributed by atoms with Crippen LogP contribution in [0.15, 0.2) is 60.8 Å². The number of hydrogen-bond donors (Lipinski definition) is 1. The molecule has 0 aliphatic carbocycles. The molecule has 2 aromatic carbocycles. The fourth-order valence-corrected chi connectivity index (χ4v) is 3.71. The first-order chi connectivity index (χ1) is 13.0. The summed E-state index contributed by atoms with van der Waals surface area (Å²) in [5, 5.41) is 10.8. The van der Waals surface area contributed by atoms with E-state index in [-0.39, 0.29) is 18.2 Å². The number of nitrogens with zero attached hydrogens (tertiary/aromatic N) is 2. The minimum Gasteiger partial charge on any atom is -0.506 e. The number of aromatic nitrogens is 1. The Morgan fingerprint density at radius 2 is 1.74 bits per heavy atom. The van der Waals surface area contributed by atoms with Crippen molar-refractivity contribution in [2.24, 2.45) is 0 Å². The van der Waals surface area contributed by atoms with E-state index in [9.17, 15) is 9.50 Å². The highest BCUT2D eigenvalue weighted by atomic mass is 19.1. The number of fused-ring (bicyclic) bond motifs is 1. The molecule has 1 atom stereocenters. The van der Waals surface area contributed by atoms with Crippen LogP contribution in [-0.4, -0.2) is 29.1 Å². The Kier molecular flexibility index (Phi) is 4.42. The Bertz CT molecular complexity index is 958. The van der Waals surface area contributed by atoms with E-state index < -0.39 is 5.60 Å². The Labute approximate surface area is 157 Å². The van der Waals surface area contributed by atoms with Crippen molar-refractivity contribution in [3.8, 4) is 5.75 Å². The van der Waals surface area contributed by atoms with Gasteiger partial charge in [-0.05, 0) is 37.4 Å². The average Bonchev–Trinajstić information content (AvgIpc) is 3.06. The van der Waals surface area contributed by atoms with Crippen LogP contribution in [0.5, 0.6) is 5.75 Å². The summed E-state index contributed by atoms with van der Waals surface area (Å²) in [6, 6.07) is 16.1. The molecule has 0 saturated carbocycles. The Morgan fingerprint density at radius 3 is 2.41 bits per heavy atom. The van der Waals surface area contributed by atoms with E-state index in [4.69, 9.17) is 4.74 Å². The van der Waals surface area contributed by atoms with Gasteiger partial charge in [0, 0.05) is 23.9 Å². The molecule has 4 nitrogen and oxygen atoms in total. The quantitative estimate of drug-likeness (QED) is 0.765. The van der Waals surface area contributed by atoms with Gasteiger partial charge in [0.15, 0.2) is 0 Å². The second-order valence-corrected chi connectivity index (χ2v) is 7.03. The zero-order chi connectivity index (χ0) is 19.0. The molecule has 0 radical (unpaired) electrons. The van der Waals surface area contributed by atoms with Gasteiger partial charge < -0.3 is 14.7 Å². The van der Waals surface area contributed by atoms with E-state index in [2.05, 4.69) is 4.98 Å². The molecule has 1 aliphatic heterocycles. The highest BCUT2D eigenvalue weighted by Gasteiger charge is 2.45. The average molecular weight is 364 g/mol. The maximum Gasteiger partial charge on any atom is 0.146 e. The standard InChI is InChI=1S/C22H21FN2O2/c1-25(2)13-20-21(26)18-14-27-22(19(18)12-24-20,15-6-4-3-5-7-15)16-8-10-17(23)11-9-16/h3-12,26H,13-14H2,1-2H3. The predicted octanol–water partition coefficient (Wildman–Crippen LogP) is 3.81. The molecule has 0 amide bonds. The number of rotatable bonds is 4. The number of ether oxygens (including phenoxy) is 1. The normalized spacial score (nSPS) is 18.7. The second kappa shape index (κ2) is 6.76. The molecular weight excluding hydrogens is 343 g/mol. The molecule has 1 aliphatic rings. The fourth-order valence-electron chi connectivity index (χ4n) is 3.71. The maximum absolute atomic E-state index is 13.5. The summed E-state index contributed by atoms with van der Waals surface area (Å²) in [7, 11) is 3.86. The summed E-state index contributed by atoms with van der Waals surface area (Å²) >= 11 is 0. The third-order valence-electron chi connectivity index (χ3n) is 4.94. The molecule has 4 rings (SSSR count). The number of hydrogen-bond acceptors (Lipinski definition) is 4. The number of halogens is 1. The maximum atomic E-state index is 13.5. The van der Waals surface area contributed by atoms with Crippen LogP contribution in [0.25, 0.3) is 0 Å². The van der Waals surface area contributed by atoms with Gasteiger partial charge >= 0.3 is 0 Å². The number of pyridine rings is 1. The van der Waals surface area contributed by atoms with Crippen molar-refractivity contribution in [3.63, 3.8) is 0 Å². The van der Waals surface area contributed by atoms with E-state index in [1.54, 1.807) is 18.3 Å². The van der Waals surface area contributed by atoms with Crippen molar-refractivity contribution in [1.82, 2.24) is 9.88 Å². The van der Waals surface area contributed by atoms with Gasteiger partial charge in [-0.2, -0.15) is 0 Å². The van der Waals surface area contributed by atoms with Crippen molar-refractivity contribution in [2.45, 2.75) is 18.8 Å². The topological polar surface area (TPSA) is 45.6 Å². The molecule has 3 aromatic rings. The smallest absolute Gasteiger partial charge is 0.146 e. The SMILES string of the molecule is CN(C)Cc1ncc2c(c1O)COC2(c1ccccc1)c1ccc(F)cc1. The monoisotopic (exact) mass is 364 g/mol. The molecule has 5 heteroatoms. The molecule has 0 bridgehead atoms. The molecule has 1 N–H and O–H groups in total. The number of aromatic hydroxyl groups is 1. The summed E-state index contributed by atoms with van der Waals surface area (Å²) in [5.41, 5.74) is 2.93. The third kappa shape index (κ3) is 2.89. The van der Waals surface area contributed by atoms with Crippen LogP contribution in [0, 0.1) is 5.82 Å². The van der Waals surface area contributed by atoms with Gasteiger partial charge in [0.1, 0.15) is 17.2 Å². The fraction of sp³-hybridized carbons (Fsp3) is 0.227. The van der Waals surface area contributed by atoms with Crippen LogP contribution >= 0.6 is 0 Å². The second-order valence-electron chi connectivity index (χ2n) is 7.03. The summed E-state index contributed by atoms with van der Waals surface area (Å²) in [6.45, 7) is 0.796. The van der Waals surface area contributed by atoms with E-state index in [1.807, 2.05) is 49.3 Å². The van der Waals surface area contributed by atoms with Crippen LogP contribution in [0.2, 0.25) is 0 Å². The van der Waals surface area contributed by atoms with Gasteiger partial charge in [0.25, 0.3) is 0 Å². The summed E-state index contributed by atoms with van der Waals surface area (Å²) in [4.78, 5) is 6.46. The summed E-state index contributed by atoms with van der Waals surface area (Å²) in [5.74, 6) is -0.136. The van der Waals surface area contributed by atoms with E-state index >= 15 is 0 Å². The molecule has 0 fully saturated rings. The predicted molar refractivity (Wildman–Crippen MR) is 101 cm³/mol. The van der Waals surface area contributed by atoms with Crippen LogP contribution in [0.1, 0.15) is 27.9 Å². The van der Waals surface area contributed by atoms with Crippen molar-refractivity contribution in [2.75, 3.05) is 14.1 Å². The van der Waals surface area contributed by atoms with Gasteiger partial charge in [-0.1, -0.05) is 42.5 Å². The Morgan fingerprint density at radius 1 is 1.07 bits per heavy atom. The number of benzene rings is 2. The highest BCUT2D eigenvalue weighted by Crippen LogP contribution is 2.49. The largest absolute Gasteiger partial charge is 0.506 e. The van der Waals surface area contributed by atoms with Gasteiger partial charge in [0.2, 0.25) is 0 Å². The van der Waals surface area contributed by atoms with E-state index in [0.717, 1.165) is 22.3 Å². The van der Waals surface area contributed by atoms with Crippen LogP contribution in [0.4, 0.5) is 4.39 Å². The van der Waals surface area contributed by atoms with Gasteiger partial charge in [0.05, 0.1) is 12.3 Å². The van der Waals surface area contributed by atoms with Crippen molar-refractivity contribution in [1.29, 1.82) is 0 Å². The Hall–Kier alpha value is -2.76. The molecular formula is C22H21FN2O2. The highest BCUT2D eigenvalue weighted by molar-refractivity contribution is 5.56. The first-order valence-corrected chi connectivity index (χ1v) is 8.83. The minimum atomic E-state index is -0.925. The first kappa shape index (κ1) is 17.6. The van der Waals surface area contributed by atoms with Gasteiger partial charge in [-0.15, -0.1) is 0 Å². The minimum absolute atomic E-state index is 0.168. The van der Waals surface area contributed by atoms with E-state index in [0.29, 0.717) is 12.2 Å². The first-order valence-electron chi connectivity index (χ1n) is 8.83. The van der Waals surface area contributed by atoms with Crippen LogP contribution in [0.3, 0.4) is 0 Å². The summed E-state index contributed by atoms with van der Waals surface area (Å²) in [6.07, 6.45) is 1.78. The molecule has 1 unspecified atom stereocenters. The van der Waals surface area contributed by atoms with Crippen LogP contribution < -0.4 is 0 Å². The van der Waals surface area contributed by atoms with Gasteiger partial charge in [-0.25, -0.2) is 4.39 Å². The van der Waals surface area contributed by atoms with Crippen molar-refractivity contribution in [3.05, 3.63) is 94.6 Å². The molecule has 1 aromatic heterocycles. The molecule has 0 spiro atoms. The lowest BCUT2D eigenvalue weighted by molar-refractivity contribution is 0.0263. The zero-order valence-corrected chi connectivity index (χ0v) is 15.3. The van der Waals surface area contributed by atoms with Crippen LogP contribution in [-0.2, 0) is 23.5 Å². The molecule has 0 saturated heterocycles. The van der Waals surface area contributed by atoms with Crippen molar-refractivity contribution >= 4 is 0 Å². The summed E-state index contributed by atoms with van der Waals surface area (Å²) < 4.78 is 19.9. The lowest BCUT2D eigenvalue weighted by Crippen LogP contribution is -2.28. The van der Waals surface area contributed by atoms with Gasteiger partial charge in [-0.3, -0.25) is 4.98 Å². The Balaban J connectivity index is 1.93. The lowest BCUT2D eigenvalue weighted by Gasteiger charge is -2.31.